The number of rotatable bonds is 6. The molecule has 0 aliphatic carbocycles. The standard InChI is InChI=1S/C14H15ClF2N2O2/c1-8(11-5-9(15)3-4-12(11)20-2)18-7-10-6-13(14(16)17)21-19-10/h3-6,8,14,18H,7H2,1-2H3. The fourth-order valence-corrected chi connectivity index (χ4v) is 2.11. The number of benzene rings is 1. The second kappa shape index (κ2) is 6.87. The molecule has 21 heavy (non-hydrogen) atoms. The Kier molecular flexibility index (Phi) is 5.14. The van der Waals surface area contributed by atoms with Crippen molar-refractivity contribution in [1.82, 2.24) is 10.5 Å². The highest BCUT2D eigenvalue weighted by molar-refractivity contribution is 6.30. The Hall–Kier alpha value is -1.66. The smallest absolute Gasteiger partial charge is 0.298 e. The van der Waals surface area contributed by atoms with E-state index in [-0.39, 0.29) is 6.04 Å². The summed E-state index contributed by atoms with van der Waals surface area (Å²) in [7, 11) is 1.58. The van der Waals surface area contributed by atoms with E-state index in [9.17, 15) is 8.78 Å². The summed E-state index contributed by atoms with van der Waals surface area (Å²) in [6.07, 6.45) is -2.66. The average Bonchev–Trinajstić information content (AvgIpc) is 2.94. The van der Waals surface area contributed by atoms with Crippen LogP contribution in [0.1, 0.15) is 36.4 Å². The molecule has 0 amide bonds. The molecular weight excluding hydrogens is 302 g/mol. The maximum absolute atomic E-state index is 12.4. The van der Waals surface area contributed by atoms with Crippen LogP contribution in [0.4, 0.5) is 8.78 Å². The largest absolute Gasteiger partial charge is 0.496 e. The van der Waals surface area contributed by atoms with Crippen LogP contribution in [0.15, 0.2) is 28.8 Å². The number of halogens is 3. The fourth-order valence-electron chi connectivity index (χ4n) is 1.93. The van der Waals surface area contributed by atoms with Crippen molar-refractivity contribution in [3.63, 3.8) is 0 Å². The van der Waals surface area contributed by atoms with Crippen LogP contribution in [0.3, 0.4) is 0 Å². The van der Waals surface area contributed by atoms with Crippen LogP contribution in [0.5, 0.6) is 5.75 Å². The highest BCUT2D eigenvalue weighted by Crippen LogP contribution is 2.28. The molecule has 1 aromatic heterocycles. The Labute approximate surface area is 126 Å². The minimum Gasteiger partial charge on any atom is -0.496 e. The van der Waals surface area contributed by atoms with E-state index in [4.69, 9.17) is 16.3 Å². The summed E-state index contributed by atoms with van der Waals surface area (Å²) in [5.74, 6) is 0.271. The number of ether oxygens (including phenoxy) is 1. The van der Waals surface area contributed by atoms with Gasteiger partial charge in [-0.2, -0.15) is 0 Å². The van der Waals surface area contributed by atoms with E-state index >= 15 is 0 Å². The molecule has 0 bridgehead atoms. The molecule has 1 N–H and O–H groups in total. The third-order valence-electron chi connectivity index (χ3n) is 3.04. The van der Waals surface area contributed by atoms with Gasteiger partial charge in [-0.3, -0.25) is 0 Å². The van der Waals surface area contributed by atoms with E-state index in [1.54, 1.807) is 25.3 Å². The lowest BCUT2D eigenvalue weighted by molar-refractivity contribution is 0.112. The Balaban J connectivity index is 2.04. The van der Waals surface area contributed by atoms with Gasteiger partial charge in [0.15, 0.2) is 0 Å². The fraction of sp³-hybridized carbons (Fsp3) is 0.357. The molecule has 1 aromatic carbocycles. The second-order valence-electron chi connectivity index (χ2n) is 4.51. The molecule has 0 aliphatic rings. The van der Waals surface area contributed by atoms with Crippen LogP contribution in [-0.4, -0.2) is 12.3 Å². The number of nitrogens with zero attached hydrogens (tertiary/aromatic N) is 1. The summed E-state index contributed by atoms with van der Waals surface area (Å²) < 4.78 is 34.6. The normalized spacial score (nSPS) is 12.7. The van der Waals surface area contributed by atoms with Crippen LogP contribution in [0, 0.1) is 0 Å². The van der Waals surface area contributed by atoms with Crippen LogP contribution in [0.2, 0.25) is 5.02 Å². The minimum atomic E-state index is -2.66. The van der Waals surface area contributed by atoms with Gasteiger partial charge < -0.3 is 14.6 Å². The van der Waals surface area contributed by atoms with E-state index in [0.29, 0.717) is 23.0 Å². The first-order chi connectivity index (χ1) is 10.0. The van der Waals surface area contributed by atoms with Crippen LogP contribution in [0.25, 0.3) is 0 Å². The molecule has 114 valence electrons. The molecule has 0 fully saturated rings. The molecule has 2 rings (SSSR count). The number of nitrogens with one attached hydrogen (secondary N) is 1. The van der Waals surface area contributed by atoms with Gasteiger partial charge in [-0.05, 0) is 25.1 Å². The van der Waals surface area contributed by atoms with Crippen molar-refractivity contribution >= 4 is 11.6 Å². The van der Waals surface area contributed by atoms with Gasteiger partial charge in [0, 0.05) is 29.2 Å². The molecule has 0 saturated carbocycles. The Bertz CT molecular complexity index is 604. The maximum Gasteiger partial charge on any atom is 0.298 e. The summed E-state index contributed by atoms with van der Waals surface area (Å²) in [5.41, 5.74) is 1.29. The maximum atomic E-state index is 12.4. The SMILES string of the molecule is COc1ccc(Cl)cc1C(C)NCc1cc(C(F)F)on1. The molecule has 4 nitrogen and oxygen atoms in total. The van der Waals surface area contributed by atoms with Crippen LogP contribution >= 0.6 is 11.6 Å². The van der Waals surface area contributed by atoms with Crippen molar-refractivity contribution < 1.29 is 18.0 Å². The Morgan fingerprint density at radius 3 is 2.76 bits per heavy atom. The van der Waals surface area contributed by atoms with Crippen molar-refractivity contribution in [1.29, 1.82) is 0 Å². The highest BCUT2D eigenvalue weighted by atomic mass is 35.5. The lowest BCUT2D eigenvalue weighted by Gasteiger charge is -2.17. The van der Waals surface area contributed by atoms with Gasteiger partial charge in [-0.15, -0.1) is 0 Å². The van der Waals surface area contributed by atoms with Crippen LogP contribution in [-0.2, 0) is 6.54 Å². The third kappa shape index (κ3) is 3.92. The number of methoxy groups -OCH3 is 1. The zero-order chi connectivity index (χ0) is 15.4. The molecule has 0 spiro atoms. The van der Waals surface area contributed by atoms with Crippen molar-refractivity contribution in [3.8, 4) is 5.75 Å². The van der Waals surface area contributed by atoms with Crippen molar-refractivity contribution in [2.45, 2.75) is 25.9 Å². The number of hydrogen-bond acceptors (Lipinski definition) is 4. The van der Waals surface area contributed by atoms with E-state index in [1.165, 1.54) is 6.07 Å². The number of aromatic nitrogens is 1. The van der Waals surface area contributed by atoms with E-state index < -0.39 is 12.2 Å². The molecule has 2 aromatic rings. The van der Waals surface area contributed by atoms with Crippen molar-refractivity contribution in [2.75, 3.05) is 7.11 Å². The lowest BCUT2D eigenvalue weighted by Crippen LogP contribution is -2.19. The lowest BCUT2D eigenvalue weighted by atomic mass is 10.1. The van der Waals surface area contributed by atoms with Gasteiger partial charge in [-0.1, -0.05) is 16.8 Å². The third-order valence-corrected chi connectivity index (χ3v) is 3.27. The summed E-state index contributed by atoms with van der Waals surface area (Å²) in [6, 6.07) is 6.46. The van der Waals surface area contributed by atoms with Gasteiger partial charge in [0.25, 0.3) is 6.43 Å². The summed E-state index contributed by atoms with van der Waals surface area (Å²) in [5, 5.41) is 7.35. The Morgan fingerprint density at radius 2 is 2.14 bits per heavy atom. The molecule has 7 heteroatoms. The molecule has 0 saturated heterocycles. The summed E-state index contributed by atoms with van der Waals surface area (Å²) >= 11 is 5.98. The second-order valence-corrected chi connectivity index (χ2v) is 4.95. The zero-order valence-corrected chi connectivity index (χ0v) is 12.3. The Morgan fingerprint density at radius 1 is 1.38 bits per heavy atom. The van der Waals surface area contributed by atoms with E-state index in [0.717, 1.165) is 5.56 Å². The summed E-state index contributed by atoms with van der Waals surface area (Å²) in [6.45, 7) is 2.22. The summed E-state index contributed by atoms with van der Waals surface area (Å²) in [4.78, 5) is 0. The average molecular weight is 317 g/mol. The van der Waals surface area contributed by atoms with Gasteiger partial charge >= 0.3 is 0 Å². The number of hydrogen-bond donors (Lipinski definition) is 1. The highest BCUT2D eigenvalue weighted by Gasteiger charge is 2.16. The predicted molar refractivity (Wildman–Crippen MR) is 74.7 cm³/mol. The first-order valence-electron chi connectivity index (χ1n) is 6.31. The molecule has 1 heterocycles. The molecule has 1 unspecified atom stereocenters. The quantitative estimate of drug-likeness (QED) is 0.870. The minimum absolute atomic E-state index is 0.0923. The van der Waals surface area contributed by atoms with Gasteiger partial charge in [-0.25, -0.2) is 8.78 Å². The van der Waals surface area contributed by atoms with E-state index in [2.05, 4.69) is 15.0 Å². The van der Waals surface area contributed by atoms with Crippen molar-refractivity contribution in [2.24, 2.45) is 0 Å². The van der Waals surface area contributed by atoms with Gasteiger partial charge in [0.05, 0.1) is 12.8 Å². The number of alkyl halides is 2. The molecule has 1 atom stereocenters. The molecule has 0 radical (unpaired) electrons. The van der Waals surface area contributed by atoms with Gasteiger partial charge in [0.1, 0.15) is 5.75 Å². The van der Waals surface area contributed by atoms with Crippen molar-refractivity contribution in [3.05, 3.63) is 46.3 Å². The zero-order valence-electron chi connectivity index (χ0n) is 11.6. The monoisotopic (exact) mass is 316 g/mol. The molecular formula is C14H15ClF2N2O2. The van der Waals surface area contributed by atoms with Gasteiger partial charge in [0.2, 0.25) is 5.76 Å². The van der Waals surface area contributed by atoms with E-state index in [1.807, 2.05) is 6.92 Å². The molecule has 0 aliphatic heterocycles. The first kappa shape index (κ1) is 15.7. The van der Waals surface area contributed by atoms with Crippen LogP contribution < -0.4 is 10.1 Å². The predicted octanol–water partition coefficient (Wildman–Crippen LogP) is 4.13. The first-order valence-corrected chi connectivity index (χ1v) is 6.69. The topological polar surface area (TPSA) is 47.3 Å².